The second-order valence-corrected chi connectivity index (χ2v) is 8.43. The van der Waals surface area contributed by atoms with Crippen molar-refractivity contribution in [2.45, 2.75) is 38.8 Å². The molecule has 31 heavy (non-hydrogen) atoms. The Balaban J connectivity index is 1.91. The highest BCUT2D eigenvalue weighted by atomic mass is 16.6. The van der Waals surface area contributed by atoms with Gasteiger partial charge in [-0.15, -0.1) is 0 Å². The number of benzene rings is 2. The van der Waals surface area contributed by atoms with Crippen LogP contribution in [0.3, 0.4) is 0 Å². The quantitative estimate of drug-likeness (QED) is 0.631. The van der Waals surface area contributed by atoms with Gasteiger partial charge < -0.3 is 4.74 Å². The molecule has 4 rings (SSSR count). The average Bonchev–Trinajstić information content (AvgIpc) is 2.71. The lowest BCUT2D eigenvalue weighted by Crippen LogP contribution is -2.50. The van der Waals surface area contributed by atoms with Crippen LogP contribution in [0.2, 0.25) is 0 Å². The molecule has 2 aromatic carbocycles. The van der Waals surface area contributed by atoms with Crippen molar-refractivity contribution in [3.63, 3.8) is 0 Å². The van der Waals surface area contributed by atoms with E-state index in [1.807, 2.05) is 30.3 Å². The van der Waals surface area contributed by atoms with Crippen molar-refractivity contribution < 1.29 is 14.3 Å². The molecular formula is C24H23N3O4. The van der Waals surface area contributed by atoms with E-state index < -0.39 is 23.6 Å². The van der Waals surface area contributed by atoms with Crippen LogP contribution in [-0.4, -0.2) is 32.1 Å². The zero-order valence-corrected chi connectivity index (χ0v) is 17.7. The van der Waals surface area contributed by atoms with Gasteiger partial charge in [0.05, 0.1) is 16.6 Å². The molecule has 0 spiro atoms. The van der Waals surface area contributed by atoms with E-state index in [4.69, 9.17) is 4.74 Å². The molecule has 0 bridgehead atoms. The van der Waals surface area contributed by atoms with Crippen LogP contribution in [0, 0.1) is 0 Å². The summed E-state index contributed by atoms with van der Waals surface area (Å²) in [5, 5.41) is 0.399. The van der Waals surface area contributed by atoms with Gasteiger partial charge in [-0.1, -0.05) is 49.0 Å². The number of hydrogen-bond donors (Lipinski definition) is 0. The summed E-state index contributed by atoms with van der Waals surface area (Å²) in [5.74, 6) is -0.398. The second kappa shape index (κ2) is 7.50. The normalized spacial score (nSPS) is 16.4. The van der Waals surface area contributed by atoms with Gasteiger partial charge in [0.1, 0.15) is 11.6 Å². The number of para-hydroxylation sites is 1. The van der Waals surface area contributed by atoms with Crippen molar-refractivity contribution in [3.8, 4) is 0 Å². The Morgan fingerprint density at radius 3 is 2.39 bits per heavy atom. The number of aromatic nitrogens is 2. The maximum atomic E-state index is 13.5. The van der Waals surface area contributed by atoms with Crippen molar-refractivity contribution in [2.75, 3.05) is 0 Å². The Labute approximate surface area is 179 Å². The summed E-state index contributed by atoms with van der Waals surface area (Å²) in [7, 11) is 0. The molecule has 0 fully saturated rings. The van der Waals surface area contributed by atoms with E-state index in [1.54, 1.807) is 45.0 Å². The minimum absolute atomic E-state index is 0.0198. The molecule has 0 aliphatic carbocycles. The summed E-state index contributed by atoms with van der Waals surface area (Å²) in [6, 6.07) is 15.3. The maximum absolute atomic E-state index is 13.5. The fraction of sp³-hybridized carbons (Fsp3) is 0.250. The summed E-state index contributed by atoms with van der Waals surface area (Å²) >= 11 is 0. The molecule has 2 amide bonds. The second-order valence-electron chi connectivity index (χ2n) is 8.43. The fourth-order valence-corrected chi connectivity index (χ4v) is 3.65. The van der Waals surface area contributed by atoms with Gasteiger partial charge in [0.2, 0.25) is 0 Å². The van der Waals surface area contributed by atoms with Gasteiger partial charge >= 0.3 is 6.09 Å². The number of amides is 2. The first kappa shape index (κ1) is 20.5. The van der Waals surface area contributed by atoms with Crippen molar-refractivity contribution in [1.82, 2.24) is 14.5 Å². The third-order valence-electron chi connectivity index (χ3n) is 5.00. The summed E-state index contributed by atoms with van der Waals surface area (Å²) in [5.41, 5.74) is 0.187. The van der Waals surface area contributed by atoms with Crippen LogP contribution in [0.4, 0.5) is 4.79 Å². The van der Waals surface area contributed by atoms with Crippen molar-refractivity contribution >= 4 is 28.6 Å². The van der Waals surface area contributed by atoms with Gasteiger partial charge in [-0.05, 0) is 38.5 Å². The highest BCUT2D eigenvalue weighted by Crippen LogP contribution is 2.32. The van der Waals surface area contributed by atoms with Crippen LogP contribution >= 0.6 is 0 Å². The molecule has 0 radical (unpaired) electrons. The predicted octanol–water partition coefficient (Wildman–Crippen LogP) is 3.93. The van der Waals surface area contributed by atoms with Crippen molar-refractivity contribution in [3.05, 3.63) is 82.9 Å². The van der Waals surface area contributed by atoms with E-state index in [2.05, 4.69) is 11.6 Å². The lowest BCUT2D eigenvalue weighted by molar-refractivity contribution is -0.131. The highest BCUT2D eigenvalue weighted by molar-refractivity contribution is 6.04. The molecule has 1 aliphatic rings. The molecule has 7 nitrogen and oxygen atoms in total. The van der Waals surface area contributed by atoms with Gasteiger partial charge in [0.25, 0.3) is 11.5 Å². The molecule has 7 heteroatoms. The molecule has 158 valence electrons. The van der Waals surface area contributed by atoms with Crippen LogP contribution in [0.1, 0.15) is 38.2 Å². The average molecular weight is 417 g/mol. The number of ether oxygens (including phenoxy) is 1. The van der Waals surface area contributed by atoms with Crippen LogP contribution in [0.5, 0.6) is 0 Å². The zero-order chi connectivity index (χ0) is 22.3. The van der Waals surface area contributed by atoms with E-state index in [-0.39, 0.29) is 23.5 Å². The molecule has 0 saturated carbocycles. The lowest BCUT2D eigenvalue weighted by Gasteiger charge is -2.35. The van der Waals surface area contributed by atoms with Gasteiger partial charge in [-0.25, -0.2) is 14.7 Å². The largest absolute Gasteiger partial charge is 0.443 e. The van der Waals surface area contributed by atoms with Gasteiger partial charge in [0.15, 0.2) is 5.82 Å². The number of carbonyl (C=O) groups is 2. The first-order valence-electron chi connectivity index (χ1n) is 9.99. The van der Waals surface area contributed by atoms with E-state index >= 15 is 0 Å². The minimum Gasteiger partial charge on any atom is -0.443 e. The van der Waals surface area contributed by atoms with E-state index in [0.717, 1.165) is 10.5 Å². The molecule has 3 aromatic rings. The van der Waals surface area contributed by atoms with Crippen molar-refractivity contribution in [1.29, 1.82) is 0 Å². The first-order chi connectivity index (χ1) is 14.7. The van der Waals surface area contributed by atoms with Gasteiger partial charge in [0, 0.05) is 6.42 Å². The number of imide groups is 1. The summed E-state index contributed by atoms with van der Waals surface area (Å²) in [6.07, 6.45) is -0.617. The lowest BCUT2D eigenvalue weighted by atomic mass is 10.0. The van der Waals surface area contributed by atoms with E-state index in [1.165, 1.54) is 4.57 Å². The SMILES string of the molecule is C=C1c2nc3ccccc3c(=O)n2[C@@H](Cc2ccccc2)C(=O)N1C(=O)OC(C)(C)C. The van der Waals surface area contributed by atoms with Crippen LogP contribution in [0.15, 0.2) is 66.0 Å². The van der Waals surface area contributed by atoms with Crippen LogP contribution in [-0.2, 0) is 16.0 Å². The van der Waals surface area contributed by atoms with Crippen LogP contribution < -0.4 is 5.56 Å². The predicted molar refractivity (Wildman–Crippen MR) is 117 cm³/mol. The van der Waals surface area contributed by atoms with Gasteiger partial charge in [-0.3, -0.25) is 14.2 Å². The number of nitrogens with zero attached hydrogens (tertiary/aromatic N) is 3. The van der Waals surface area contributed by atoms with Gasteiger partial charge in [-0.2, -0.15) is 0 Å². The fourth-order valence-electron chi connectivity index (χ4n) is 3.65. The molecule has 2 heterocycles. The zero-order valence-electron chi connectivity index (χ0n) is 17.7. The molecule has 0 saturated heterocycles. The molecule has 1 aliphatic heterocycles. The topological polar surface area (TPSA) is 81.5 Å². The molecule has 1 atom stereocenters. The Kier molecular flexibility index (Phi) is 4.97. The smallest absolute Gasteiger partial charge is 0.421 e. The number of rotatable bonds is 2. The molecule has 0 N–H and O–H groups in total. The third-order valence-corrected chi connectivity index (χ3v) is 5.00. The van der Waals surface area contributed by atoms with Crippen LogP contribution in [0.25, 0.3) is 16.6 Å². The number of hydrogen-bond acceptors (Lipinski definition) is 5. The van der Waals surface area contributed by atoms with Crippen molar-refractivity contribution in [2.24, 2.45) is 0 Å². The summed E-state index contributed by atoms with van der Waals surface area (Å²) in [6.45, 7) is 9.06. The minimum atomic E-state index is -0.958. The summed E-state index contributed by atoms with van der Waals surface area (Å²) in [4.78, 5) is 45.2. The summed E-state index contributed by atoms with van der Waals surface area (Å²) < 4.78 is 6.79. The monoisotopic (exact) mass is 417 g/mol. The molecule has 1 aromatic heterocycles. The molecular weight excluding hydrogens is 394 g/mol. The third kappa shape index (κ3) is 3.74. The Morgan fingerprint density at radius 2 is 1.71 bits per heavy atom. The first-order valence-corrected chi connectivity index (χ1v) is 9.99. The molecule has 0 unspecified atom stereocenters. The Hall–Kier alpha value is -3.74. The number of fused-ring (bicyclic) bond motifs is 2. The number of carbonyl (C=O) groups excluding carboxylic acids is 2. The van der Waals surface area contributed by atoms with E-state index in [0.29, 0.717) is 10.9 Å². The standard InChI is InChI=1S/C24H23N3O4/c1-15-20-25-18-13-9-8-12-17(18)21(28)27(20)19(14-16-10-6-5-7-11-16)22(29)26(15)23(30)31-24(2,3)4/h5-13,19H,1,14H2,2-4H3/t19-/m0/s1. The highest BCUT2D eigenvalue weighted by Gasteiger charge is 2.42. The Bertz CT molecular complexity index is 1260. The van der Waals surface area contributed by atoms with E-state index in [9.17, 15) is 14.4 Å². The maximum Gasteiger partial charge on any atom is 0.421 e. The Morgan fingerprint density at radius 1 is 1.06 bits per heavy atom.